The summed E-state index contributed by atoms with van der Waals surface area (Å²) in [4.78, 5) is 40.8. The van der Waals surface area contributed by atoms with Crippen LogP contribution in [0.1, 0.15) is 46.7 Å². The molecule has 0 saturated heterocycles. The lowest BCUT2D eigenvalue weighted by molar-refractivity contribution is 0.0915. The van der Waals surface area contributed by atoms with Gasteiger partial charge in [0.15, 0.2) is 23.5 Å². The molecule has 1 heterocycles. The number of carbonyl (C=O) groups excluding carboxylic acids is 2. The van der Waals surface area contributed by atoms with Crippen LogP contribution in [0, 0.1) is 0 Å². The third-order valence-electron chi connectivity index (χ3n) is 3.77. The van der Waals surface area contributed by atoms with E-state index in [1.165, 1.54) is 12.4 Å². The molecule has 0 aromatic carbocycles. The Hall–Kier alpha value is -3.12. The van der Waals surface area contributed by atoms with E-state index in [1.54, 1.807) is 0 Å². The molecule has 28 heavy (non-hydrogen) atoms. The Morgan fingerprint density at radius 3 is 1.46 bits per heavy atom. The van der Waals surface area contributed by atoms with E-state index in [-0.39, 0.29) is 23.3 Å². The molecule has 1 aromatic heterocycles. The zero-order valence-corrected chi connectivity index (χ0v) is 15.6. The molecule has 0 amide bonds. The van der Waals surface area contributed by atoms with E-state index in [9.17, 15) is 9.59 Å². The van der Waals surface area contributed by atoms with E-state index >= 15 is 0 Å². The van der Waals surface area contributed by atoms with Gasteiger partial charge in [-0.2, -0.15) is 0 Å². The predicted octanol–water partition coefficient (Wildman–Crippen LogP) is -2.40. The highest BCUT2D eigenvalue weighted by Gasteiger charge is 2.27. The van der Waals surface area contributed by atoms with Gasteiger partial charge in [0.2, 0.25) is 0 Å². The number of carbonyl (C=O) groups is 2. The Labute approximate surface area is 162 Å². The standard InChI is InChI=1S/C16H28N10O2/c17-9(3-1-5-25-15(19)20)13(27)11-12(24-8-7-23-11)14(28)10(18)4-2-6-26-16(21)22/h7-10H,1-6,17-18H2,(H4,19,20,25)(H4,21,22,26). The van der Waals surface area contributed by atoms with Crippen molar-refractivity contribution in [1.29, 1.82) is 0 Å². The van der Waals surface area contributed by atoms with Gasteiger partial charge in [-0.1, -0.05) is 0 Å². The molecular weight excluding hydrogens is 364 g/mol. The fourth-order valence-electron chi connectivity index (χ4n) is 2.35. The van der Waals surface area contributed by atoms with Crippen LogP contribution in [-0.2, 0) is 0 Å². The molecule has 2 unspecified atom stereocenters. The zero-order valence-electron chi connectivity index (χ0n) is 15.6. The van der Waals surface area contributed by atoms with Crippen molar-refractivity contribution in [2.75, 3.05) is 13.1 Å². The van der Waals surface area contributed by atoms with Crippen molar-refractivity contribution in [2.24, 2.45) is 44.4 Å². The molecule has 1 aromatic rings. The molecule has 154 valence electrons. The minimum Gasteiger partial charge on any atom is -0.370 e. The Morgan fingerprint density at radius 2 is 1.14 bits per heavy atom. The molecular formula is C16H28N10O2. The summed E-state index contributed by atoms with van der Waals surface area (Å²) in [6.45, 7) is 0.687. The molecule has 12 heteroatoms. The van der Waals surface area contributed by atoms with E-state index in [1.807, 2.05) is 0 Å². The van der Waals surface area contributed by atoms with Gasteiger partial charge in [0.05, 0.1) is 12.1 Å². The van der Waals surface area contributed by atoms with Gasteiger partial charge in [0, 0.05) is 25.5 Å². The maximum atomic E-state index is 12.6. The van der Waals surface area contributed by atoms with Crippen LogP contribution < -0.4 is 34.4 Å². The molecule has 1 rings (SSSR count). The van der Waals surface area contributed by atoms with Crippen molar-refractivity contribution in [3.05, 3.63) is 23.8 Å². The normalized spacial score (nSPS) is 12.6. The average molecular weight is 392 g/mol. The summed E-state index contributed by atoms with van der Waals surface area (Å²) in [6, 6.07) is -1.73. The molecule has 0 bridgehead atoms. The van der Waals surface area contributed by atoms with Gasteiger partial charge >= 0.3 is 0 Å². The molecule has 0 radical (unpaired) electrons. The van der Waals surface area contributed by atoms with Crippen LogP contribution in [0.15, 0.2) is 22.4 Å². The van der Waals surface area contributed by atoms with E-state index in [2.05, 4.69) is 20.0 Å². The van der Waals surface area contributed by atoms with Gasteiger partial charge < -0.3 is 34.4 Å². The monoisotopic (exact) mass is 392 g/mol. The minimum atomic E-state index is -0.865. The predicted molar refractivity (Wildman–Crippen MR) is 106 cm³/mol. The highest BCUT2D eigenvalue weighted by molar-refractivity contribution is 6.09. The smallest absolute Gasteiger partial charge is 0.200 e. The fourth-order valence-corrected chi connectivity index (χ4v) is 2.35. The summed E-state index contributed by atoms with van der Waals surface area (Å²) in [5.74, 6) is -1.05. The first-order valence-electron chi connectivity index (χ1n) is 8.75. The van der Waals surface area contributed by atoms with E-state index in [0.717, 1.165) is 0 Å². The van der Waals surface area contributed by atoms with Crippen molar-refractivity contribution in [3.63, 3.8) is 0 Å². The van der Waals surface area contributed by atoms with Crippen LogP contribution in [0.4, 0.5) is 0 Å². The van der Waals surface area contributed by atoms with Gasteiger partial charge in [-0.15, -0.1) is 0 Å². The van der Waals surface area contributed by atoms with E-state index < -0.39 is 23.7 Å². The lowest BCUT2D eigenvalue weighted by Crippen LogP contribution is -2.36. The number of guanidine groups is 2. The maximum absolute atomic E-state index is 12.6. The topological polar surface area (TPSA) is 241 Å². The van der Waals surface area contributed by atoms with Crippen LogP contribution in [0.25, 0.3) is 0 Å². The number of hydrogen-bond acceptors (Lipinski definition) is 8. The largest absolute Gasteiger partial charge is 0.370 e. The van der Waals surface area contributed by atoms with Crippen LogP contribution >= 0.6 is 0 Å². The second kappa shape index (κ2) is 11.6. The van der Waals surface area contributed by atoms with Crippen molar-refractivity contribution in [2.45, 2.75) is 37.8 Å². The average Bonchev–Trinajstić information content (AvgIpc) is 2.66. The van der Waals surface area contributed by atoms with Crippen LogP contribution in [0.3, 0.4) is 0 Å². The highest BCUT2D eigenvalue weighted by atomic mass is 16.1. The lowest BCUT2D eigenvalue weighted by atomic mass is 9.98. The second-order valence-electron chi connectivity index (χ2n) is 6.09. The first kappa shape index (κ1) is 22.9. The third kappa shape index (κ3) is 7.63. The van der Waals surface area contributed by atoms with Crippen LogP contribution in [0.2, 0.25) is 0 Å². The Morgan fingerprint density at radius 1 is 0.786 bits per heavy atom. The van der Waals surface area contributed by atoms with Gasteiger partial charge in [0.1, 0.15) is 11.4 Å². The van der Waals surface area contributed by atoms with Crippen molar-refractivity contribution in [1.82, 2.24) is 9.97 Å². The number of aliphatic imine (C=N–C) groups is 2. The molecule has 12 N–H and O–H groups in total. The summed E-state index contributed by atoms with van der Waals surface area (Å²) in [5, 5.41) is 0. The summed E-state index contributed by atoms with van der Waals surface area (Å²) < 4.78 is 0. The summed E-state index contributed by atoms with van der Waals surface area (Å²) >= 11 is 0. The zero-order chi connectivity index (χ0) is 21.1. The summed E-state index contributed by atoms with van der Waals surface area (Å²) in [7, 11) is 0. The van der Waals surface area contributed by atoms with Crippen LogP contribution in [0.5, 0.6) is 0 Å². The first-order chi connectivity index (χ1) is 13.2. The fraction of sp³-hybridized carbons (Fsp3) is 0.500. The second-order valence-corrected chi connectivity index (χ2v) is 6.09. The number of rotatable bonds is 12. The molecule has 0 aliphatic rings. The summed E-state index contributed by atoms with van der Waals surface area (Å²) in [6.07, 6.45) is 4.28. The van der Waals surface area contributed by atoms with Gasteiger partial charge in [0.25, 0.3) is 0 Å². The number of Topliss-reactive ketones (excluding diaryl/α,β-unsaturated/α-hetero) is 2. The summed E-state index contributed by atoms with van der Waals surface area (Å²) in [5.41, 5.74) is 32.6. The number of nitrogens with zero attached hydrogens (tertiary/aromatic N) is 4. The number of aromatic nitrogens is 2. The van der Waals surface area contributed by atoms with Gasteiger partial charge in [-0.25, -0.2) is 9.97 Å². The van der Waals surface area contributed by atoms with Crippen LogP contribution in [-0.4, -0.2) is 58.6 Å². The first-order valence-corrected chi connectivity index (χ1v) is 8.75. The SMILES string of the molecule is NC(N)=NCCCC(N)C(=O)c1nccnc1C(=O)C(N)CCCN=C(N)N. The molecule has 0 spiro atoms. The number of hydrogen-bond donors (Lipinski definition) is 6. The molecule has 0 fully saturated rings. The lowest BCUT2D eigenvalue weighted by Gasteiger charge is -2.14. The minimum absolute atomic E-state index is 0.0319. The molecule has 0 aliphatic carbocycles. The maximum Gasteiger partial charge on any atom is 0.200 e. The number of nitrogens with two attached hydrogens (primary N) is 6. The third-order valence-corrected chi connectivity index (χ3v) is 3.77. The molecule has 0 aliphatic heterocycles. The van der Waals surface area contributed by atoms with Crippen molar-refractivity contribution < 1.29 is 9.59 Å². The van der Waals surface area contributed by atoms with Crippen molar-refractivity contribution in [3.8, 4) is 0 Å². The van der Waals surface area contributed by atoms with Gasteiger partial charge in [-0.3, -0.25) is 19.6 Å². The Bertz CT molecular complexity index is 665. The number of ketones is 2. The quantitative estimate of drug-likeness (QED) is 0.0952. The van der Waals surface area contributed by atoms with Crippen molar-refractivity contribution >= 4 is 23.5 Å². The Kier molecular flexibility index (Phi) is 9.47. The van der Waals surface area contributed by atoms with E-state index in [0.29, 0.717) is 38.8 Å². The van der Waals surface area contributed by atoms with E-state index in [4.69, 9.17) is 34.4 Å². The highest BCUT2D eigenvalue weighted by Crippen LogP contribution is 2.12. The molecule has 0 saturated carbocycles. The molecule has 2 atom stereocenters. The Balaban J connectivity index is 2.76. The van der Waals surface area contributed by atoms with Gasteiger partial charge in [-0.05, 0) is 25.7 Å². The molecule has 12 nitrogen and oxygen atoms in total.